The molecule has 1 N–H and O–H groups in total. The second-order valence-electron chi connectivity index (χ2n) is 8.19. The average molecular weight is 296 g/mol. The van der Waals surface area contributed by atoms with Crippen LogP contribution in [-0.2, 0) is 4.74 Å². The van der Waals surface area contributed by atoms with Gasteiger partial charge in [0.2, 0.25) is 0 Å². The number of nitrogens with zero attached hydrogens (tertiary/aromatic N) is 1. The van der Waals surface area contributed by atoms with Crippen LogP contribution in [0.1, 0.15) is 67.2 Å². The van der Waals surface area contributed by atoms with Crippen LogP contribution in [0.2, 0.25) is 0 Å². The lowest BCUT2D eigenvalue weighted by atomic mass is 9.81. The van der Waals surface area contributed by atoms with Gasteiger partial charge >= 0.3 is 0 Å². The van der Waals surface area contributed by atoms with Gasteiger partial charge in [-0.1, -0.05) is 13.3 Å². The summed E-state index contributed by atoms with van der Waals surface area (Å²) in [6, 6.07) is 1.17. The van der Waals surface area contributed by atoms with E-state index in [1.54, 1.807) is 0 Å². The van der Waals surface area contributed by atoms with Crippen molar-refractivity contribution in [2.45, 2.75) is 90.5 Å². The molecule has 2 aliphatic heterocycles. The van der Waals surface area contributed by atoms with Crippen molar-refractivity contribution in [1.82, 2.24) is 10.2 Å². The van der Waals surface area contributed by atoms with Crippen LogP contribution >= 0.6 is 0 Å². The molecule has 0 bridgehead atoms. The van der Waals surface area contributed by atoms with Crippen molar-refractivity contribution in [2.75, 3.05) is 19.6 Å². The number of hydrogen-bond acceptors (Lipinski definition) is 3. The van der Waals surface area contributed by atoms with Crippen LogP contribution in [-0.4, -0.2) is 47.8 Å². The molecule has 0 radical (unpaired) electrons. The first kappa shape index (κ1) is 17.2. The highest BCUT2D eigenvalue weighted by atomic mass is 16.5. The molecule has 0 aliphatic carbocycles. The zero-order chi connectivity index (χ0) is 15.7. The van der Waals surface area contributed by atoms with Crippen LogP contribution < -0.4 is 5.32 Å². The van der Waals surface area contributed by atoms with Gasteiger partial charge in [0.05, 0.1) is 11.2 Å². The van der Waals surface area contributed by atoms with Gasteiger partial charge in [-0.15, -0.1) is 0 Å². The van der Waals surface area contributed by atoms with Gasteiger partial charge in [0, 0.05) is 24.5 Å². The summed E-state index contributed by atoms with van der Waals surface area (Å²) in [5.74, 6) is 0.555. The lowest BCUT2D eigenvalue weighted by molar-refractivity contribution is -0.0806. The monoisotopic (exact) mass is 296 g/mol. The molecule has 3 heteroatoms. The third-order valence-corrected chi connectivity index (χ3v) is 5.56. The van der Waals surface area contributed by atoms with E-state index in [1.165, 1.54) is 38.8 Å². The Morgan fingerprint density at radius 2 is 1.86 bits per heavy atom. The second-order valence-corrected chi connectivity index (χ2v) is 8.19. The van der Waals surface area contributed by atoms with Crippen molar-refractivity contribution in [3.05, 3.63) is 0 Å². The number of nitrogens with one attached hydrogen (secondary N) is 1. The largest absolute Gasteiger partial charge is 0.368 e. The maximum atomic E-state index is 6.45. The SMILES string of the molecule is CCCNC1C(CN2CCCCC2C)C(C)(C)OC1(C)C. The van der Waals surface area contributed by atoms with Crippen LogP contribution in [0, 0.1) is 5.92 Å². The molecule has 2 fully saturated rings. The molecule has 2 saturated heterocycles. The van der Waals surface area contributed by atoms with Gasteiger partial charge in [0.25, 0.3) is 0 Å². The highest BCUT2D eigenvalue weighted by Gasteiger charge is 2.53. The number of piperidine rings is 1. The van der Waals surface area contributed by atoms with Gasteiger partial charge < -0.3 is 15.0 Å². The Morgan fingerprint density at radius 1 is 1.14 bits per heavy atom. The van der Waals surface area contributed by atoms with E-state index in [9.17, 15) is 0 Å². The highest BCUT2D eigenvalue weighted by molar-refractivity contribution is 5.06. The molecule has 0 amide bonds. The first-order valence-corrected chi connectivity index (χ1v) is 8.95. The molecular formula is C18H36N2O. The number of hydrogen-bond donors (Lipinski definition) is 1. The highest BCUT2D eigenvalue weighted by Crippen LogP contribution is 2.43. The van der Waals surface area contributed by atoms with E-state index < -0.39 is 0 Å². The van der Waals surface area contributed by atoms with Crippen LogP contribution in [0.3, 0.4) is 0 Å². The van der Waals surface area contributed by atoms with Crippen LogP contribution in [0.5, 0.6) is 0 Å². The van der Waals surface area contributed by atoms with Gasteiger partial charge in [-0.2, -0.15) is 0 Å². The van der Waals surface area contributed by atoms with E-state index >= 15 is 0 Å². The van der Waals surface area contributed by atoms with Crippen LogP contribution in [0.15, 0.2) is 0 Å². The molecule has 3 unspecified atom stereocenters. The van der Waals surface area contributed by atoms with Gasteiger partial charge in [-0.25, -0.2) is 0 Å². The predicted octanol–water partition coefficient (Wildman–Crippen LogP) is 3.43. The summed E-state index contributed by atoms with van der Waals surface area (Å²) >= 11 is 0. The molecule has 2 aliphatic rings. The summed E-state index contributed by atoms with van der Waals surface area (Å²) in [5.41, 5.74) is -0.131. The molecule has 2 heterocycles. The molecule has 21 heavy (non-hydrogen) atoms. The molecule has 3 nitrogen and oxygen atoms in total. The Hall–Kier alpha value is -0.120. The van der Waals surface area contributed by atoms with Crippen LogP contribution in [0.25, 0.3) is 0 Å². The standard InChI is InChI=1S/C18H36N2O/c1-7-11-19-16-15(17(3,4)21-18(16,5)6)13-20-12-9-8-10-14(20)2/h14-16,19H,7-13H2,1-6H3. The van der Waals surface area contributed by atoms with Crippen molar-refractivity contribution in [1.29, 1.82) is 0 Å². The summed E-state index contributed by atoms with van der Waals surface area (Å²) in [6.45, 7) is 17.2. The Bertz CT molecular complexity index is 340. The molecule has 0 spiro atoms. The minimum Gasteiger partial charge on any atom is -0.368 e. The summed E-state index contributed by atoms with van der Waals surface area (Å²) < 4.78 is 6.45. The van der Waals surface area contributed by atoms with Gasteiger partial charge in [0.1, 0.15) is 0 Å². The fourth-order valence-electron chi connectivity index (χ4n) is 4.40. The molecule has 3 atom stereocenters. The summed E-state index contributed by atoms with van der Waals surface area (Å²) in [6.07, 6.45) is 5.28. The van der Waals surface area contributed by atoms with Gasteiger partial charge in [0.15, 0.2) is 0 Å². The first-order valence-electron chi connectivity index (χ1n) is 8.95. The van der Waals surface area contributed by atoms with E-state index in [2.05, 4.69) is 51.8 Å². The third kappa shape index (κ3) is 3.80. The Balaban J connectivity index is 2.11. The Kier molecular flexibility index (Phi) is 5.38. The molecule has 0 aromatic carbocycles. The van der Waals surface area contributed by atoms with E-state index in [1.807, 2.05) is 0 Å². The van der Waals surface area contributed by atoms with Crippen molar-refractivity contribution >= 4 is 0 Å². The Morgan fingerprint density at radius 3 is 2.48 bits per heavy atom. The molecule has 0 saturated carbocycles. The number of ether oxygens (including phenoxy) is 1. The third-order valence-electron chi connectivity index (χ3n) is 5.56. The average Bonchev–Trinajstić information content (AvgIpc) is 2.55. The molecule has 0 aromatic heterocycles. The minimum atomic E-state index is -0.0810. The summed E-state index contributed by atoms with van der Waals surface area (Å²) in [4.78, 5) is 2.70. The van der Waals surface area contributed by atoms with E-state index in [4.69, 9.17) is 4.74 Å². The van der Waals surface area contributed by atoms with Gasteiger partial charge in [-0.05, 0) is 67.0 Å². The maximum absolute atomic E-state index is 6.45. The second kappa shape index (κ2) is 6.55. The Labute approximate surface area is 131 Å². The summed E-state index contributed by atoms with van der Waals surface area (Å²) in [7, 11) is 0. The zero-order valence-corrected chi connectivity index (χ0v) is 15.0. The van der Waals surface area contributed by atoms with Crippen molar-refractivity contribution in [2.24, 2.45) is 5.92 Å². The van der Waals surface area contributed by atoms with E-state index in [0.29, 0.717) is 12.0 Å². The van der Waals surface area contributed by atoms with Crippen molar-refractivity contribution in [3.63, 3.8) is 0 Å². The molecule has 124 valence electrons. The molecule has 0 aromatic rings. The fourth-order valence-corrected chi connectivity index (χ4v) is 4.40. The zero-order valence-electron chi connectivity index (χ0n) is 15.0. The first-order chi connectivity index (χ1) is 9.78. The summed E-state index contributed by atoms with van der Waals surface area (Å²) in [5, 5.41) is 3.78. The van der Waals surface area contributed by atoms with Gasteiger partial charge in [-0.3, -0.25) is 0 Å². The maximum Gasteiger partial charge on any atom is 0.0790 e. The lowest BCUT2D eigenvalue weighted by Crippen LogP contribution is -2.53. The predicted molar refractivity (Wildman–Crippen MR) is 89.7 cm³/mol. The van der Waals surface area contributed by atoms with Crippen LogP contribution in [0.4, 0.5) is 0 Å². The van der Waals surface area contributed by atoms with Crippen molar-refractivity contribution < 1.29 is 4.74 Å². The smallest absolute Gasteiger partial charge is 0.0790 e. The van der Waals surface area contributed by atoms with E-state index in [0.717, 1.165) is 12.6 Å². The normalized spacial score (nSPS) is 36.0. The molecule has 2 rings (SSSR count). The van der Waals surface area contributed by atoms with Crippen molar-refractivity contribution in [3.8, 4) is 0 Å². The van der Waals surface area contributed by atoms with E-state index in [-0.39, 0.29) is 11.2 Å². The number of rotatable bonds is 5. The fraction of sp³-hybridized carbons (Fsp3) is 1.00. The minimum absolute atomic E-state index is 0.0495. The lowest BCUT2D eigenvalue weighted by Gasteiger charge is -2.39. The molecular weight excluding hydrogens is 260 g/mol. The number of likely N-dealkylation sites (tertiary alicyclic amines) is 1. The topological polar surface area (TPSA) is 24.5 Å². The quantitative estimate of drug-likeness (QED) is 0.841.